The van der Waals surface area contributed by atoms with E-state index in [1.54, 1.807) is 12.1 Å². The largest absolute Gasteiger partial charge is 0.618 e. The number of nitrogens with one attached hydrogen (secondary N) is 1. The number of carbonyl (C=O) groups excluding carboxylic acids is 1. The second-order valence-corrected chi connectivity index (χ2v) is 4.47. The minimum Gasteiger partial charge on any atom is -0.618 e. The van der Waals surface area contributed by atoms with Crippen molar-refractivity contribution in [1.82, 2.24) is 5.32 Å². The molecule has 1 aromatic heterocycles. The van der Waals surface area contributed by atoms with E-state index in [9.17, 15) is 15.1 Å². The van der Waals surface area contributed by atoms with Crippen molar-refractivity contribution >= 4 is 5.91 Å². The maximum Gasteiger partial charge on any atom is 0.317 e. The molecule has 1 aromatic carbocycles. The molecule has 0 saturated carbocycles. The van der Waals surface area contributed by atoms with Gasteiger partial charge in [-0.05, 0) is 11.6 Å². The summed E-state index contributed by atoms with van der Waals surface area (Å²) in [6, 6.07) is 14.1. The topological polar surface area (TPSA) is 76.3 Å². The average Bonchev–Trinajstić information content (AvgIpc) is 2.46. The fraction of sp³-hybridized carbons (Fsp3) is 0.200. The van der Waals surface area contributed by atoms with Gasteiger partial charge >= 0.3 is 5.91 Å². The van der Waals surface area contributed by atoms with Crippen LogP contribution in [0, 0.1) is 5.21 Å². The summed E-state index contributed by atoms with van der Waals surface area (Å²) >= 11 is 0. The van der Waals surface area contributed by atoms with Gasteiger partial charge in [0.05, 0.1) is 6.10 Å². The van der Waals surface area contributed by atoms with Crippen LogP contribution in [0.1, 0.15) is 16.1 Å². The second-order valence-electron chi connectivity index (χ2n) is 4.47. The van der Waals surface area contributed by atoms with E-state index < -0.39 is 12.0 Å². The number of benzene rings is 1. The quantitative estimate of drug-likeness (QED) is 0.620. The molecule has 0 saturated heterocycles. The first-order valence-electron chi connectivity index (χ1n) is 6.35. The number of carbonyl (C=O) groups is 1. The van der Waals surface area contributed by atoms with Crippen molar-refractivity contribution < 1.29 is 14.6 Å². The van der Waals surface area contributed by atoms with E-state index in [2.05, 4.69) is 5.32 Å². The first-order chi connectivity index (χ1) is 9.66. The first-order valence-corrected chi connectivity index (χ1v) is 6.35. The molecule has 2 aromatic rings. The van der Waals surface area contributed by atoms with Crippen molar-refractivity contribution in [3.05, 3.63) is 71.2 Å². The predicted octanol–water partition coefficient (Wildman–Crippen LogP) is 0.653. The normalized spacial score (nSPS) is 11.8. The average molecular weight is 272 g/mol. The Balaban J connectivity index is 1.86. The maximum atomic E-state index is 11.8. The zero-order valence-electron chi connectivity index (χ0n) is 10.9. The van der Waals surface area contributed by atoms with Crippen molar-refractivity contribution in [2.45, 2.75) is 12.5 Å². The van der Waals surface area contributed by atoms with Gasteiger partial charge in [-0.3, -0.25) is 4.79 Å². The number of aliphatic hydroxyl groups excluding tert-OH is 1. The third kappa shape index (κ3) is 3.80. The van der Waals surface area contributed by atoms with Crippen LogP contribution in [0.4, 0.5) is 0 Å². The van der Waals surface area contributed by atoms with Crippen LogP contribution >= 0.6 is 0 Å². The Labute approximate surface area is 117 Å². The summed E-state index contributed by atoms with van der Waals surface area (Å²) in [5, 5.41) is 23.8. The third-order valence-corrected chi connectivity index (χ3v) is 2.87. The smallest absolute Gasteiger partial charge is 0.317 e. The number of rotatable bonds is 5. The summed E-state index contributed by atoms with van der Waals surface area (Å²) in [6.45, 7) is 0.0998. The van der Waals surface area contributed by atoms with Crippen LogP contribution in [-0.2, 0) is 6.42 Å². The number of aliphatic hydroxyl groups is 1. The molecule has 0 radical (unpaired) electrons. The Kier molecular flexibility index (Phi) is 4.68. The molecule has 2 rings (SSSR count). The maximum absolute atomic E-state index is 11.8. The van der Waals surface area contributed by atoms with E-state index in [0.717, 1.165) is 5.56 Å². The summed E-state index contributed by atoms with van der Waals surface area (Å²) in [5.74, 6) is -0.493. The van der Waals surface area contributed by atoms with E-state index in [1.807, 2.05) is 30.3 Å². The highest BCUT2D eigenvalue weighted by molar-refractivity contribution is 5.90. The molecule has 104 valence electrons. The van der Waals surface area contributed by atoms with Gasteiger partial charge < -0.3 is 15.6 Å². The van der Waals surface area contributed by atoms with Gasteiger partial charge in [0.1, 0.15) is 0 Å². The highest BCUT2D eigenvalue weighted by Crippen LogP contribution is 2.02. The lowest BCUT2D eigenvalue weighted by Gasteiger charge is -2.11. The van der Waals surface area contributed by atoms with E-state index in [-0.39, 0.29) is 12.2 Å². The molecule has 0 bridgehead atoms. The summed E-state index contributed by atoms with van der Waals surface area (Å²) in [4.78, 5) is 11.8. The number of amides is 1. The second kappa shape index (κ2) is 6.68. The number of hydrogen-bond acceptors (Lipinski definition) is 3. The van der Waals surface area contributed by atoms with E-state index in [0.29, 0.717) is 11.2 Å². The fourth-order valence-electron chi connectivity index (χ4n) is 1.86. The highest BCUT2D eigenvalue weighted by Gasteiger charge is 2.16. The summed E-state index contributed by atoms with van der Waals surface area (Å²) < 4.78 is 0.499. The molecule has 0 fully saturated rings. The van der Waals surface area contributed by atoms with Crippen molar-refractivity contribution in [1.29, 1.82) is 0 Å². The molecule has 1 amide bonds. The molecular weight excluding hydrogens is 256 g/mol. The van der Waals surface area contributed by atoms with Crippen LogP contribution in [0.25, 0.3) is 0 Å². The molecule has 5 nitrogen and oxygen atoms in total. The van der Waals surface area contributed by atoms with Crippen LogP contribution in [-0.4, -0.2) is 23.7 Å². The molecule has 0 spiro atoms. The standard InChI is InChI=1S/C15H16N2O3/c18-13(10-12-6-2-1-3-7-12)11-16-15(19)14-8-4-5-9-17(14)20/h1-9,13,18H,10-11H2,(H,16,19). The van der Waals surface area contributed by atoms with Gasteiger partial charge in [0.25, 0.3) is 5.69 Å². The van der Waals surface area contributed by atoms with Crippen LogP contribution in [0.2, 0.25) is 0 Å². The molecule has 20 heavy (non-hydrogen) atoms. The van der Waals surface area contributed by atoms with Crippen LogP contribution in [0.15, 0.2) is 54.7 Å². The summed E-state index contributed by atoms with van der Waals surface area (Å²) in [5.41, 5.74) is 1.01. The number of pyridine rings is 1. The molecule has 2 N–H and O–H groups in total. The lowest BCUT2D eigenvalue weighted by atomic mass is 10.1. The van der Waals surface area contributed by atoms with Crippen LogP contribution in [0.3, 0.4) is 0 Å². The molecule has 0 aliphatic rings. The predicted molar refractivity (Wildman–Crippen MR) is 73.9 cm³/mol. The van der Waals surface area contributed by atoms with Crippen LogP contribution in [0.5, 0.6) is 0 Å². The Hall–Kier alpha value is -2.40. The van der Waals surface area contributed by atoms with Gasteiger partial charge in [0.15, 0.2) is 6.20 Å². The van der Waals surface area contributed by atoms with E-state index in [1.165, 1.54) is 12.3 Å². The number of aromatic nitrogens is 1. The zero-order chi connectivity index (χ0) is 14.4. The van der Waals surface area contributed by atoms with Gasteiger partial charge in [0, 0.05) is 25.1 Å². The molecule has 1 heterocycles. The minimum atomic E-state index is -0.690. The Morgan fingerprint density at radius 2 is 1.90 bits per heavy atom. The highest BCUT2D eigenvalue weighted by atomic mass is 16.5. The first kappa shape index (κ1) is 14.0. The van der Waals surface area contributed by atoms with Crippen molar-refractivity contribution in [2.75, 3.05) is 6.54 Å². The lowest BCUT2D eigenvalue weighted by Crippen LogP contribution is -2.41. The Morgan fingerprint density at radius 1 is 1.20 bits per heavy atom. The summed E-state index contributed by atoms with van der Waals surface area (Å²) in [7, 11) is 0. The lowest BCUT2D eigenvalue weighted by molar-refractivity contribution is -0.607. The summed E-state index contributed by atoms with van der Waals surface area (Å²) in [6.07, 6.45) is 1.02. The van der Waals surface area contributed by atoms with E-state index >= 15 is 0 Å². The van der Waals surface area contributed by atoms with Gasteiger partial charge in [-0.25, -0.2) is 0 Å². The number of nitrogens with zero attached hydrogens (tertiary/aromatic N) is 1. The Morgan fingerprint density at radius 3 is 2.60 bits per heavy atom. The van der Waals surface area contributed by atoms with Gasteiger partial charge in [-0.2, -0.15) is 4.73 Å². The third-order valence-electron chi connectivity index (χ3n) is 2.87. The number of hydrogen-bond donors (Lipinski definition) is 2. The van der Waals surface area contributed by atoms with Crippen molar-refractivity contribution in [3.8, 4) is 0 Å². The molecule has 0 aliphatic heterocycles. The monoisotopic (exact) mass is 272 g/mol. The fourth-order valence-corrected chi connectivity index (χ4v) is 1.86. The van der Waals surface area contributed by atoms with Crippen LogP contribution < -0.4 is 10.0 Å². The Bertz CT molecular complexity index is 572. The molecule has 5 heteroatoms. The van der Waals surface area contributed by atoms with Gasteiger partial charge in [-0.1, -0.05) is 30.3 Å². The SMILES string of the molecule is O=C(NCC(O)Cc1ccccc1)c1cccc[n+]1[O-]. The minimum absolute atomic E-state index is 0.0133. The molecule has 1 unspecified atom stereocenters. The molecule has 1 atom stereocenters. The molecular formula is C15H16N2O3. The van der Waals surface area contributed by atoms with Crippen molar-refractivity contribution in [3.63, 3.8) is 0 Å². The zero-order valence-corrected chi connectivity index (χ0v) is 10.9. The van der Waals surface area contributed by atoms with Gasteiger partial charge in [0.2, 0.25) is 0 Å². The van der Waals surface area contributed by atoms with Gasteiger partial charge in [-0.15, -0.1) is 0 Å². The van der Waals surface area contributed by atoms with Crippen molar-refractivity contribution in [2.24, 2.45) is 0 Å². The van der Waals surface area contributed by atoms with E-state index in [4.69, 9.17) is 0 Å². The molecule has 0 aliphatic carbocycles.